The van der Waals surface area contributed by atoms with Gasteiger partial charge in [-0.1, -0.05) is 18.9 Å². The van der Waals surface area contributed by atoms with Crippen LogP contribution in [0.25, 0.3) is 0 Å². The Morgan fingerprint density at radius 1 is 1.21 bits per heavy atom. The molecule has 6 nitrogen and oxygen atoms in total. The summed E-state index contributed by atoms with van der Waals surface area (Å²) in [6, 6.07) is 4.84. The molecule has 2 atom stereocenters. The zero-order valence-electron chi connectivity index (χ0n) is 13.9. The molecular formula is C18H24N2O4. The number of aliphatic hydroxyl groups excluding tert-OH is 1. The largest absolute Gasteiger partial charge is 0.388 e. The molecule has 3 rings (SSSR count). The van der Waals surface area contributed by atoms with E-state index in [1.165, 1.54) is 0 Å². The van der Waals surface area contributed by atoms with Gasteiger partial charge in [0.1, 0.15) is 0 Å². The van der Waals surface area contributed by atoms with Gasteiger partial charge in [0.2, 0.25) is 5.91 Å². The fraction of sp³-hybridized carbons (Fsp3) is 0.556. The number of carbonyl (C=O) groups is 2. The van der Waals surface area contributed by atoms with Crippen LogP contribution in [0.1, 0.15) is 41.6 Å². The number of aliphatic hydroxyl groups is 1. The lowest BCUT2D eigenvalue weighted by Crippen LogP contribution is -2.42. The second-order valence-electron chi connectivity index (χ2n) is 6.69. The highest BCUT2D eigenvalue weighted by atomic mass is 16.5. The summed E-state index contributed by atoms with van der Waals surface area (Å²) in [6.45, 7) is 2.45. The molecule has 6 heteroatoms. The molecule has 0 spiro atoms. The topological polar surface area (TPSA) is 87.7 Å². The van der Waals surface area contributed by atoms with Gasteiger partial charge in [0, 0.05) is 17.2 Å². The number of benzene rings is 1. The summed E-state index contributed by atoms with van der Waals surface area (Å²) in [5, 5.41) is 15.5. The molecule has 1 heterocycles. The van der Waals surface area contributed by atoms with Crippen LogP contribution in [0.3, 0.4) is 0 Å². The van der Waals surface area contributed by atoms with Crippen LogP contribution < -0.4 is 10.6 Å². The molecule has 0 unspecified atom stereocenters. The van der Waals surface area contributed by atoms with E-state index in [1.807, 2.05) is 13.0 Å². The average molecular weight is 332 g/mol. The second kappa shape index (κ2) is 7.32. The summed E-state index contributed by atoms with van der Waals surface area (Å²) in [7, 11) is 0. The number of carbonyl (C=O) groups excluding carboxylic acids is 2. The van der Waals surface area contributed by atoms with Crippen LogP contribution >= 0.6 is 0 Å². The SMILES string of the molecule is Cc1ccc(C(=O)N[C@H]2COC[C@@H]2O)cc1NC(=O)C1CCCC1. The Bertz CT molecular complexity index is 625. The predicted molar refractivity (Wildman–Crippen MR) is 89.8 cm³/mol. The Hall–Kier alpha value is -1.92. The fourth-order valence-corrected chi connectivity index (χ4v) is 3.25. The average Bonchev–Trinajstić information content (AvgIpc) is 3.22. The van der Waals surface area contributed by atoms with Crippen molar-refractivity contribution < 1.29 is 19.4 Å². The molecule has 1 aromatic carbocycles. The lowest BCUT2D eigenvalue weighted by molar-refractivity contribution is -0.119. The first-order chi connectivity index (χ1) is 11.5. The van der Waals surface area contributed by atoms with E-state index in [1.54, 1.807) is 12.1 Å². The monoisotopic (exact) mass is 332 g/mol. The molecule has 1 aliphatic carbocycles. The first-order valence-electron chi connectivity index (χ1n) is 8.53. The second-order valence-corrected chi connectivity index (χ2v) is 6.69. The van der Waals surface area contributed by atoms with Crippen LogP contribution in [-0.4, -0.2) is 42.3 Å². The van der Waals surface area contributed by atoms with Crippen LogP contribution in [0, 0.1) is 12.8 Å². The summed E-state index contributed by atoms with van der Waals surface area (Å²) in [5.41, 5.74) is 2.05. The standard InChI is InChI=1S/C18H24N2O4/c1-11-6-7-13(18(23)20-15-9-24-10-16(15)21)8-14(11)19-17(22)12-4-2-3-5-12/h6-8,12,15-16,21H,2-5,9-10H2,1H3,(H,19,22)(H,20,23)/t15-,16-/m0/s1. The summed E-state index contributed by atoms with van der Waals surface area (Å²) >= 11 is 0. The van der Waals surface area contributed by atoms with Crippen LogP contribution in [0.15, 0.2) is 18.2 Å². The lowest BCUT2D eigenvalue weighted by Gasteiger charge is -2.16. The van der Waals surface area contributed by atoms with Gasteiger partial charge in [-0.05, 0) is 37.5 Å². The van der Waals surface area contributed by atoms with Crippen LogP contribution in [0.4, 0.5) is 5.69 Å². The van der Waals surface area contributed by atoms with Gasteiger partial charge in [0.25, 0.3) is 5.91 Å². The van der Waals surface area contributed by atoms with E-state index in [0.717, 1.165) is 31.2 Å². The van der Waals surface area contributed by atoms with E-state index in [2.05, 4.69) is 10.6 Å². The van der Waals surface area contributed by atoms with E-state index in [9.17, 15) is 14.7 Å². The molecule has 0 aromatic heterocycles. The molecule has 2 fully saturated rings. The number of ether oxygens (including phenoxy) is 1. The Kier molecular flexibility index (Phi) is 5.16. The minimum atomic E-state index is -0.680. The van der Waals surface area contributed by atoms with Crippen molar-refractivity contribution in [3.8, 4) is 0 Å². The van der Waals surface area contributed by atoms with Crippen molar-refractivity contribution in [3.63, 3.8) is 0 Å². The summed E-state index contributed by atoms with van der Waals surface area (Å²) in [5.74, 6) is -0.165. The molecular weight excluding hydrogens is 308 g/mol. The lowest BCUT2D eigenvalue weighted by atomic mass is 10.1. The maximum Gasteiger partial charge on any atom is 0.251 e. The van der Waals surface area contributed by atoms with Gasteiger partial charge < -0.3 is 20.5 Å². The molecule has 1 saturated carbocycles. The summed E-state index contributed by atoms with van der Waals surface area (Å²) in [6.07, 6.45) is 3.40. The van der Waals surface area contributed by atoms with Crippen molar-refractivity contribution in [2.75, 3.05) is 18.5 Å². The van der Waals surface area contributed by atoms with E-state index in [-0.39, 0.29) is 24.3 Å². The maximum absolute atomic E-state index is 12.4. The molecule has 1 aromatic rings. The molecule has 24 heavy (non-hydrogen) atoms. The third kappa shape index (κ3) is 3.76. The number of anilines is 1. The van der Waals surface area contributed by atoms with E-state index in [0.29, 0.717) is 17.9 Å². The molecule has 1 saturated heterocycles. The minimum Gasteiger partial charge on any atom is -0.388 e. The zero-order chi connectivity index (χ0) is 17.1. The molecule has 1 aliphatic heterocycles. The van der Waals surface area contributed by atoms with Crippen molar-refractivity contribution in [2.24, 2.45) is 5.92 Å². The van der Waals surface area contributed by atoms with Gasteiger partial charge in [-0.25, -0.2) is 0 Å². The van der Waals surface area contributed by atoms with E-state index < -0.39 is 12.1 Å². The Balaban J connectivity index is 1.68. The van der Waals surface area contributed by atoms with Gasteiger partial charge in [-0.2, -0.15) is 0 Å². The summed E-state index contributed by atoms with van der Waals surface area (Å²) < 4.78 is 5.14. The number of aryl methyl sites for hydroxylation is 1. The predicted octanol–water partition coefficient (Wildman–Crippen LogP) is 1.61. The quantitative estimate of drug-likeness (QED) is 0.782. The smallest absolute Gasteiger partial charge is 0.251 e. The van der Waals surface area contributed by atoms with Crippen molar-refractivity contribution in [1.29, 1.82) is 0 Å². The van der Waals surface area contributed by atoms with Crippen molar-refractivity contribution in [2.45, 2.75) is 44.8 Å². The van der Waals surface area contributed by atoms with Gasteiger partial charge in [-0.3, -0.25) is 9.59 Å². The first-order valence-corrected chi connectivity index (χ1v) is 8.53. The molecule has 2 aliphatic rings. The van der Waals surface area contributed by atoms with Crippen LogP contribution in [0.5, 0.6) is 0 Å². The number of nitrogens with one attached hydrogen (secondary N) is 2. The van der Waals surface area contributed by atoms with Gasteiger partial charge in [0.05, 0.1) is 25.4 Å². The van der Waals surface area contributed by atoms with E-state index in [4.69, 9.17) is 4.74 Å². The number of hydrogen-bond donors (Lipinski definition) is 3. The molecule has 2 amide bonds. The van der Waals surface area contributed by atoms with Crippen LogP contribution in [0.2, 0.25) is 0 Å². The molecule has 0 bridgehead atoms. The van der Waals surface area contributed by atoms with E-state index >= 15 is 0 Å². The Morgan fingerprint density at radius 2 is 1.96 bits per heavy atom. The van der Waals surface area contributed by atoms with Gasteiger partial charge in [-0.15, -0.1) is 0 Å². The highest BCUT2D eigenvalue weighted by molar-refractivity contribution is 5.98. The third-order valence-corrected chi connectivity index (χ3v) is 4.85. The highest BCUT2D eigenvalue weighted by Gasteiger charge is 2.28. The number of rotatable bonds is 4. The third-order valence-electron chi connectivity index (χ3n) is 4.85. The molecule has 130 valence electrons. The molecule has 3 N–H and O–H groups in total. The summed E-state index contributed by atoms with van der Waals surface area (Å²) in [4.78, 5) is 24.7. The van der Waals surface area contributed by atoms with Crippen molar-refractivity contribution in [1.82, 2.24) is 5.32 Å². The fourth-order valence-electron chi connectivity index (χ4n) is 3.25. The first kappa shape index (κ1) is 16.9. The molecule has 0 radical (unpaired) electrons. The van der Waals surface area contributed by atoms with Gasteiger partial charge >= 0.3 is 0 Å². The van der Waals surface area contributed by atoms with Crippen molar-refractivity contribution in [3.05, 3.63) is 29.3 Å². The minimum absolute atomic E-state index is 0.0350. The van der Waals surface area contributed by atoms with Crippen LogP contribution in [-0.2, 0) is 9.53 Å². The Morgan fingerprint density at radius 3 is 2.62 bits per heavy atom. The zero-order valence-corrected chi connectivity index (χ0v) is 13.9. The Labute approximate surface area is 141 Å². The number of amides is 2. The van der Waals surface area contributed by atoms with Crippen molar-refractivity contribution >= 4 is 17.5 Å². The highest BCUT2D eigenvalue weighted by Crippen LogP contribution is 2.27. The number of hydrogen-bond acceptors (Lipinski definition) is 4. The maximum atomic E-state index is 12.4. The van der Waals surface area contributed by atoms with Gasteiger partial charge in [0.15, 0.2) is 0 Å². The normalized spacial score (nSPS) is 24.1.